The van der Waals surface area contributed by atoms with Crippen LogP contribution >= 0.6 is 0 Å². The normalized spacial score (nSPS) is 9.85. The molecule has 0 heterocycles. The van der Waals surface area contributed by atoms with Crippen LogP contribution in [0.3, 0.4) is 0 Å². The van der Waals surface area contributed by atoms with Gasteiger partial charge in [-0.2, -0.15) is 0 Å². The van der Waals surface area contributed by atoms with Crippen molar-refractivity contribution in [1.82, 2.24) is 0 Å². The van der Waals surface area contributed by atoms with Gasteiger partial charge < -0.3 is 9.47 Å². The molecule has 0 N–H and O–H groups in total. The van der Waals surface area contributed by atoms with Gasteiger partial charge in [0.25, 0.3) is 0 Å². The van der Waals surface area contributed by atoms with Crippen molar-refractivity contribution in [3.05, 3.63) is 42.5 Å². The minimum Gasteiger partial charge on any atom is -0.486 e. The number of carbonyl (C=O) groups excluding carboxylic acids is 2. The first-order valence-corrected chi connectivity index (χ1v) is 6.66. The number of carbonyl (C=O) groups is 2. The molecular weight excluding hydrogens is 256 g/mol. The van der Waals surface area contributed by atoms with Gasteiger partial charge in [-0.3, -0.25) is 9.59 Å². The molecule has 1 aromatic rings. The van der Waals surface area contributed by atoms with E-state index >= 15 is 0 Å². The summed E-state index contributed by atoms with van der Waals surface area (Å²) in [5.41, 5.74) is 0.987. The van der Waals surface area contributed by atoms with Crippen LogP contribution in [-0.2, 0) is 20.7 Å². The van der Waals surface area contributed by atoms with Gasteiger partial charge in [0.1, 0.15) is 12.4 Å². The van der Waals surface area contributed by atoms with Crippen LogP contribution < -0.4 is 4.74 Å². The summed E-state index contributed by atoms with van der Waals surface area (Å²) in [6.45, 7) is 5.72. The number of hydrogen-bond acceptors (Lipinski definition) is 4. The Morgan fingerprint density at radius 3 is 2.70 bits per heavy atom. The van der Waals surface area contributed by atoms with Crippen molar-refractivity contribution < 1.29 is 19.1 Å². The quantitative estimate of drug-likeness (QED) is 0.514. The van der Waals surface area contributed by atoms with E-state index in [0.29, 0.717) is 18.8 Å². The predicted molar refractivity (Wildman–Crippen MR) is 76.7 cm³/mol. The van der Waals surface area contributed by atoms with Gasteiger partial charge in [0.15, 0.2) is 5.78 Å². The predicted octanol–water partition coefficient (Wildman–Crippen LogP) is 2.71. The molecule has 0 aliphatic carbocycles. The molecule has 0 fully saturated rings. The summed E-state index contributed by atoms with van der Waals surface area (Å²) < 4.78 is 10.3. The van der Waals surface area contributed by atoms with Gasteiger partial charge in [-0.05, 0) is 25.0 Å². The van der Waals surface area contributed by atoms with Gasteiger partial charge in [0.05, 0.1) is 13.0 Å². The summed E-state index contributed by atoms with van der Waals surface area (Å²) >= 11 is 0. The summed E-state index contributed by atoms with van der Waals surface area (Å²) in [5, 5.41) is 0. The van der Waals surface area contributed by atoms with E-state index in [1.807, 2.05) is 24.3 Å². The second-order valence-corrected chi connectivity index (χ2v) is 4.23. The Balaban J connectivity index is 2.41. The molecule has 108 valence electrons. The fourth-order valence-electron chi connectivity index (χ4n) is 1.67. The first-order valence-electron chi connectivity index (χ1n) is 6.66. The molecule has 0 aliphatic rings. The zero-order chi connectivity index (χ0) is 14.8. The number of esters is 1. The first kappa shape index (κ1) is 16.0. The van der Waals surface area contributed by atoms with Gasteiger partial charge in [-0.15, -0.1) is 6.58 Å². The van der Waals surface area contributed by atoms with Crippen LogP contribution in [0.25, 0.3) is 0 Å². The third-order valence-electron chi connectivity index (χ3n) is 2.64. The molecule has 0 spiro atoms. The average Bonchev–Trinajstić information content (AvgIpc) is 2.45. The number of allylic oxidation sites excluding steroid dienone is 1. The number of benzene rings is 1. The number of Topliss-reactive ketones (excluding diaryl/α,β-unsaturated/α-hetero) is 1. The topological polar surface area (TPSA) is 52.6 Å². The highest BCUT2D eigenvalue weighted by Crippen LogP contribution is 2.18. The van der Waals surface area contributed by atoms with E-state index in [9.17, 15) is 9.59 Å². The first-order chi connectivity index (χ1) is 9.67. The maximum absolute atomic E-state index is 11.6. The molecule has 0 radical (unpaired) electrons. The highest BCUT2D eigenvalue weighted by Gasteiger charge is 2.09. The molecule has 0 saturated heterocycles. The zero-order valence-electron chi connectivity index (χ0n) is 11.8. The molecule has 0 atom stereocenters. The zero-order valence-corrected chi connectivity index (χ0v) is 11.8. The van der Waals surface area contributed by atoms with Crippen molar-refractivity contribution >= 4 is 11.8 Å². The van der Waals surface area contributed by atoms with Crippen molar-refractivity contribution in [3.63, 3.8) is 0 Å². The summed E-state index contributed by atoms with van der Waals surface area (Å²) in [4.78, 5) is 22.8. The summed E-state index contributed by atoms with van der Waals surface area (Å²) in [6.07, 6.45) is 2.71. The summed E-state index contributed by atoms with van der Waals surface area (Å²) in [6, 6.07) is 7.51. The Morgan fingerprint density at radius 1 is 1.25 bits per heavy atom. The number of ether oxygens (including phenoxy) is 2. The SMILES string of the molecule is C=CCc1ccccc1OCC(=O)CCC(=O)OCC. The lowest BCUT2D eigenvalue weighted by Crippen LogP contribution is -2.14. The van der Waals surface area contributed by atoms with Gasteiger partial charge in [0.2, 0.25) is 0 Å². The largest absolute Gasteiger partial charge is 0.486 e. The molecule has 20 heavy (non-hydrogen) atoms. The van der Waals surface area contributed by atoms with Crippen molar-refractivity contribution in [2.75, 3.05) is 13.2 Å². The minimum atomic E-state index is -0.354. The molecule has 0 unspecified atom stereocenters. The summed E-state index contributed by atoms with van der Waals surface area (Å²) in [5.74, 6) is 0.205. The van der Waals surface area contributed by atoms with Crippen LogP contribution in [0.15, 0.2) is 36.9 Å². The summed E-state index contributed by atoms with van der Waals surface area (Å²) in [7, 11) is 0. The molecule has 1 aromatic carbocycles. The van der Waals surface area contributed by atoms with Crippen LogP contribution in [0.5, 0.6) is 5.75 Å². The standard InChI is InChI=1S/C16H20O4/c1-3-7-13-8-5-6-9-15(13)20-12-14(17)10-11-16(18)19-4-2/h3,5-6,8-9H,1,4,7,10-12H2,2H3. The molecule has 4 heteroatoms. The fourth-order valence-corrected chi connectivity index (χ4v) is 1.67. The van der Waals surface area contributed by atoms with E-state index < -0.39 is 0 Å². The van der Waals surface area contributed by atoms with Crippen LogP contribution in [0.1, 0.15) is 25.3 Å². The van der Waals surface area contributed by atoms with Gasteiger partial charge >= 0.3 is 5.97 Å². The lowest BCUT2D eigenvalue weighted by Gasteiger charge is -2.09. The third kappa shape index (κ3) is 5.69. The van der Waals surface area contributed by atoms with E-state index in [2.05, 4.69) is 6.58 Å². The van der Waals surface area contributed by atoms with Crippen LogP contribution in [0.2, 0.25) is 0 Å². The number of hydrogen-bond donors (Lipinski definition) is 0. The number of ketones is 1. The van der Waals surface area contributed by atoms with Crippen molar-refractivity contribution in [1.29, 1.82) is 0 Å². The lowest BCUT2D eigenvalue weighted by molar-refractivity contribution is -0.144. The molecule has 0 aliphatic heterocycles. The molecule has 0 saturated carbocycles. The van der Waals surface area contributed by atoms with Crippen LogP contribution in [0.4, 0.5) is 0 Å². The van der Waals surface area contributed by atoms with E-state index in [1.165, 1.54) is 0 Å². The maximum Gasteiger partial charge on any atom is 0.306 e. The van der Waals surface area contributed by atoms with Crippen LogP contribution in [-0.4, -0.2) is 25.0 Å². The monoisotopic (exact) mass is 276 g/mol. The van der Waals surface area contributed by atoms with E-state index in [4.69, 9.17) is 9.47 Å². The second-order valence-electron chi connectivity index (χ2n) is 4.23. The Bertz CT molecular complexity index is 465. The molecule has 0 aromatic heterocycles. The van der Waals surface area contributed by atoms with E-state index in [0.717, 1.165) is 5.56 Å². The second kappa shape index (κ2) is 8.91. The highest BCUT2D eigenvalue weighted by molar-refractivity contribution is 5.84. The molecular formula is C16H20O4. The molecule has 0 bridgehead atoms. The molecule has 4 nitrogen and oxygen atoms in total. The Labute approximate surface area is 119 Å². The third-order valence-corrected chi connectivity index (χ3v) is 2.64. The van der Waals surface area contributed by atoms with E-state index in [1.54, 1.807) is 13.0 Å². The van der Waals surface area contributed by atoms with Crippen molar-refractivity contribution in [2.45, 2.75) is 26.2 Å². The van der Waals surface area contributed by atoms with Crippen molar-refractivity contribution in [2.24, 2.45) is 0 Å². The Morgan fingerprint density at radius 2 is 2.00 bits per heavy atom. The van der Waals surface area contributed by atoms with Crippen LogP contribution in [0, 0.1) is 0 Å². The van der Waals surface area contributed by atoms with Gasteiger partial charge in [-0.1, -0.05) is 24.3 Å². The lowest BCUT2D eigenvalue weighted by atomic mass is 10.1. The number of para-hydroxylation sites is 1. The van der Waals surface area contributed by atoms with E-state index in [-0.39, 0.29) is 31.2 Å². The van der Waals surface area contributed by atoms with Gasteiger partial charge in [0, 0.05) is 6.42 Å². The Hall–Kier alpha value is -2.10. The number of rotatable bonds is 9. The molecule has 1 rings (SSSR count). The fraction of sp³-hybridized carbons (Fsp3) is 0.375. The van der Waals surface area contributed by atoms with Gasteiger partial charge in [-0.25, -0.2) is 0 Å². The average molecular weight is 276 g/mol. The maximum atomic E-state index is 11.6. The van der Waals surface area contributed by atoms with Crippen molar-refractivity contribution in [3.8, 4) is 5.75 Å². The minimum absolute atomic E-state index is 0.0342. The highest BCUT2D eigenvalue weighted by atomic mass is 16.5. The molecule has 0 amide bonds. The smallest absolute Gasteiger partial charge is 0.306 e. The Kier molecular flexibility index (Phi) is 7.11.